The van der Waals surface area contributed by atoms with Gasteiger partial charge in [-0.25, -0.2) is 9.18 Å². The number of hydrogen-bond donors (Lipinski definition) is 1. The van der Waals surface area contributed by atoms with Crippen molar-refractivity contribution in [3.8, 4) is 0 Å². The van der Waals surface area contributed by atoms with Crippen molar-refractivity contribution in [1.29, 1.82) is 0 Å². The first kappa shape index (κ1) is 14.3. The molecular formula is C15H13ClFNO2. The van der Waals surface area contributed by atoms with Crippen LogP contribution in [0.4, 0.5) is 10.1 Å². The van der Waals surface area contributed by atoms with E-state index in [1.165, 1.54) is 25.3 Å². The van der Waals surface area contributed by atoms with Crippen LogP contribution in [0.25, 0.3) is 0 Å². The predicted octanol–water partition coefficient (Wildman–Crippen LogP) is 3.81. The summed E-state index contributed by atoms with van der Waals surface area (Å²) in [5, 5.41) is 3.00. The van der Waals surface area contributed by atoms with Gasteiger partial charge in [0.1, 0.15) is 5.82 Å². The summed E-state index contributed by atoms with van der Waals surface area (Å²) in [7, 11) is 1.30. The van der Waals surface area contributed by atoms with Gasteiger partial charge >= 0.3 is 5.97 Å². The van der Waals surface area contributed by atoms with E-state index in [0.717, 1.165) is 5.69 Å². The second-order valence-corrected chi connectivity index (χ2v) is 4.55. The Hall–Kier alpha value is -2.07. The fourth-order valence-corrected chi connectivity index (χ4v) is 1.98. The maximum atomic E-state index is 13.2. The van der Waals surface area contributed by atoms with E-state index in [4.69, 9.17) is 16.3 Å². The van der Waals surface area contributed by atoms with Crippen molar-refractivity contribution in [1.82, 2.24) is 0 Å². The Labute approximate surface area is 121 Å². The molecule has 0 aromatic heterocycles. The summed E-state index contributed by atoms with van der Waals surface area (Å²) in [5.41, 5.74) is 1.29. The number of anilines is 1. The van der Waals surface area contributed by atoms with Crippen LogP contribution in [0.3, 0.4) is 0 Å². The summed E-state index contributed by atoms with van der Waals surface area (Å²) in [6.45, 7) is 0. The average molecular weight is 294 g/mol. The van der Waals surface area contributed by atoms with Crippen LogP contribution >= 0.6 is 11.6 Å². The average Bonchev–Trinajstić information content (AvgIpc) is 2.48. The molecule has 0 spiro atoms. The fourth-order valence-electron chi connectivity index (χ4n) is 1.79. The van der Waals surface area contributed by atoms with E-state index in [9.17, 15) is 9.18 Å². The normalized spacial score (nSPS) is 11.8. The lowest BCUT2D eigenvalue weighted by Crippen LogP contribution is -2.22. The van der Waals surface area contributed by atoms with Crippen LogP contribution in [0, 0.1) is 5.82 Å². The first-order valence-electron chi connectivity index (χ1n) is 5.96. The van der Waals surface area contributed by atoms with Crippen molar-refractivity contribution < 1.29 is 13.9 Å². The molecule has 104 valence electrons. The third kappa shape index (κ3) is 3.27. The second-order valence-electron chi connectivity index (χ2n) is 4.14. The van der Waals surface area contributed by atoms with E-state index in [1.54, 1.807) is 0 Å². The van der Waals surface area contributed by atoms with E-state index >= 15 is 0 Å². The van der Waals surface area contributed by atoms with Crippen LogP contribution in [-0.4, -0.2) is 13.1 Å². The van der Waals surface area contributed by atoms with Gasteiger partial charge in [-0.15, -0.1) is 0 Å². The molecule has 2 rings (SSSR count). The highest BCUT2D eigenvalue weighted by molar-refractivity contribution is 6.30. The molecule has 2 aromatic carbocycles. The van der Waals surface area contributed by atoms with E-state index in [0.29, 0.717) is 5.56 Å². The molecule has 0 heterocycles. The van der Waals surface area contributed by atoms with Crippen LogP contribution in [0.2, 0.25) is 5.02 Å². The van der Waals surface area contributed by atoms with Crippen LogP contribution < -0.4 is 5.32 Å². The van der Waals surface area contributed by atoms with Crippen LogP contribution in [0.1, 0.15) is 11.6 Å². The highest BCUT2D eigenvalue weighted by atomic mass is 35.5. The third-order valence-electron chi connectivity index (χ3n) is 2.80. The molecule has 0 radical (unpaired) electrons. The lowest BCUT2D eigenvalue weighted by molar-refractivity contribution is -0.141. The number of esters is 1. The number of ether oxygens (including phenoxy) is 1. The van der Waals surface area contributed by atoms with E-state index in [-0.39, 0.29) is 5.02 Å². The number of nitrogens with one attached hydrogen (secondary N) is 1. The molecule has 1 unspecified atom stereocenters. The Morgan fingerprint density at radius 3 is 2.55 bits per heavy atom. The van der Waals surface area contributed by atoms with Crippen LogP contribution in [0.5, 0.6) is 0 Å². The van der Waals surface area contributed by atoms with Gasteiger partial charge in [-0.1, -0.05) is 35.9 Å². The molecule has 0 bridgehead atoms. The Morgan fingerprint density at radius 2 is 1.95 bits per heavy atom. The summed E-state index contributed by atoms with van der Waals surface area (Å²) >= 11 is 5.75. The SMILES string of the molecule is COC(=O)C(Nc1ccccc1)c1ccc(F)c(Cl)c1. The molecular weight excluding hydrogens is 281 g/mol. The van der Waals surface area contributed by atoms with Gasteiger partial charge in [0, 0.05) is 5.69 Å². The number of hydrogen-bond acceptors (Lipinski definition) is 3. The molecule has 5 heteroatoms. The summed E-state index contributed by atoms with van der Waals surface area (Å²) < 4.78 is 18.0. The van der Waals surface area contributed by atoms with Gasteiger partial charge in [0.2, 0.25) is 0 Å². The highest BCUT2D eigenvalue weighted by Crippen LogP contribution is 2.25. The largest absolute Gasteiger partial charge is 0.467 e. The molecule has 2 aromatic rings. The van der Waals surface area contributed by atoms with Crippen molar-refractivity contribution >= 4 is 23.3 Å². The van der Waals surface area contributed by atoms with Crippen LogP contribution in [-0.2, 0) is 9.53 Å². The molecule has 3 nitrogen and oxygen atoms in total. The third-order valence-corrected chi connectivity index (χ3v) is 3.09. The van der Waals surface area contributed by atoms with Gasteiger partial charge < -0.3 is 10.1 Å². The Morgan fingerprint density at radius 1 is 1.25 bits per heavy atom. The highest BCUT2D eigenvalue weighted by Gasteiger charge is 2.22. The molecule has 1 N–H and O–H groups in total. The molecule has 0 saturated carbocycles. The second kappa shape index (κ2) is 6.39. The summed E-state index contributed by atoms with van der Waals surface area (Å²) in [6.07, 6.45) is 0. The molecule has 0 saturated heterocycles. The van der Waals surface area contributed by atoms with E-state index in [1.807, 2.05) is 30.3 Å². The van der Waals surface area contributed by atoms with Gasteiger partial charge in [0.05, 0.1) is 12.1 Å². The molecule has 0 fully saturated rings. The number of carbonyl (C=O) groups excluding carboxylic acids is 1. The monoisotopic (exact) mass is 293 g/mol. The number of rotatable bonds is 4. The Kier molecular flexibility index (Phi) is 4.58. The number of halogens is 2. The Bertz CT molecular complexity index is 604. The number of para-hydroxylation sites is 1. The minimum atomic E-state index is -0.750. The van der Waals surface area contributed by atoms with E-state index in [2.05, 4.69) is 5.32 Å². The van der Waals surface area contributed by atoms with E-state index < -0.39 is 17.8 Å². The molecule has 0 aliphatic carbocycles. The fraction of sp³-hybridized carbons (Fsp3) is 0.133. The van der Waals surface area contributed by atoms with Gasteiger partial charge in [-0.2, -0.15) is 0 Å². The lowest BCUT2D eigenvalue weighted by Gasteiger charge is -2.18. The Balaban J connectivity index is 2.32. The first-order chi connectivity index (χ1) is 9.61. The van der Waals surface area contributed by atoms with Gasteiger partial charge in [-0.05, 0) is 29.8 Å². The first-order valence-corrected chi connectivity index (χ1v) is 6.34. The summed E-state index contributed by atoms with van der Waals surface area (Å²) in [6, 6.07) is 12.6. The van der Waals surface area contributed by atoms with Crippen molar-refractivity contribution in [2.24, 2.45) is 0 Å². The van der Waals surface area contributed by atoms with Crippen molar-refractivity contribution in [3.63, 3.8) is 0 Å². The van der Waals surface area contributed by atoms with Crippen molar-refractivity contribution in [2.45, 2.75) is 6.04 Å². The number of carbonyl (C=O) groups is 1. The van der Waals surface area contributed by atoms with Gasteiger partial charge in [-0.3, -0.25) is 0 Å². The number of methoxy groups -OCH3 is 1. The minimum absolute atomic E-state index is 0.0359. The summed E-state index contributed by atoms with van der Waals surface area (Å²) in [5.74, 6) is -1.00. The van der Waals surface area contributed by atoms with Crippen LogP contribution in [0.15, 0.2) is 48.5 Å². The maximum absolute atomic E-state index is 13.2. The summed E-state index contributed by atoms with van der Waals surface area (Å²) in [4.78, 5) is 11.9. The smallest absolute Gasteiger partial charge is 0.332 e. The number of benzene rings is 2. The molecule has 0 aliphatic rings. The predicted molar refractivity (Wildman–Crippen MR) is 76.2 cm³/mol. The molecule has 0 amide bonds. The zero-order valence-corrected chi connectivity index (χ0v) is 11.5. The molecule has 1 atom stereocenters. The van der Waals surface area contributed by atoms with Gasteiger partial charge in [0.25, 0.3) is 0 Å². The lowest BCUT2D eigenvalue weighted by atomic mass is 10.1. The topological polar surface area (TPSA) is 38.3 Å². The maximum Gasteiger partial charge on any atom is 0.332 e. The standard InChI is InChI=1S/C15H13ClFNO2/c1-20-15(19)14(18-11-5-3-2-4-6-11)10-7-8-13(17)12(16)9-10/h2-9,14,18H,1H3. The quantitative estimate of drug-likeness (QED) is 0.871. The zero-order valence-electron chi connectivity index (χ0n) is 10.8. The zero-order chi connectivity index (χ0) is 14.5. The van der Waals surface area contributed by atoms with Crippen molar-refractivity contribution in [3.05, 3.63) is 64.9 Å². The van der Waals surface area contributed by atoms with Crippen molar-refractivity contribution in [2.75, 3.05) is 12.4 Å². The van der Waals surface area contributed by atoms with Gasteiger partial charge in [0.15, 0.2) is 6.04 Å². The molecule has 20 heavy (non-hydrogen) atoms. The molecule has 0 aliphatic heterocycles. The minimum Gasteiger partial charge on any atom is -0.467 e.